The molecule has 0 heterocycles. The van der Waals surface area contributed by atoms with Crippen LogP contribution >= 0.6 is 0 Å². The molecule has 0 aliphatic carbocycles. The molecule has 0 unspecified atom stereocenters. The largest absolute Gasteiger partial charge is 0.467 e. The van der Waals surface area contributed by atoms with E-state index in [1.54, 1.807) is 20.9 Å². The van der Waals surface area contributed by atoms with Gasteiger partial charge in [0.05, 0.1) is 12.8 Å². The highest BCUT2D eigenvalue weighted by molar-refractivity contribution is 5.84. The summed E-state index contributed by atoms with van der Waals surface area (Å²) in [5.74, 6) is -1.87. The zero-order valence-electron chi connectivity index (χ0n) is 10.3. The van der Waals surface area contributed by atoms with Crippen molar-refractivity contribution in [2.45, 2.75) is 19.4 Å². The molecule has 0 saturated carbocycles. The van der Waals surface area contributed by atoms with E-state index < -0.39 is 23.1 Å². The Morgan fingerprint density at radius 3 is 2.41 bits per heavy atom. The van der Waals surface area contributed by atoms with Crippen molar-refractivity contribution < 1.29 is 18.3 Å². The number of ether oxygens (including phenoxy) is 1. The Kier molecular flexibility index (Phi) is 3.70. The maximum atomic E-state index is 13.6. The van der Waals surface area contributed by atoms with Crippen LogP contribution < -0.4 is 4.90 Å². The van der Waals surface area contributed by atoms with Gasteiger partial charge in [-0.1, -0.05) is 0 Å². The molecular weight excluding hydrogens is 228 g/mol. The summed E-state index contributed by atoms with van der Waals surface area (Å²) in [7, 11) is 2.81. The van der Waals surface area contributed by atoms with E-state index in [0.717, 1.165) is 12.1 Å². The minimum absolute atomic E-state index is 0.141. The van der Waals surface area contributed by atoms with Gasteiger partial charge >= 0.3 is 5.97 Å². The Balaban J connectivity index is 3.11. The van der Waals surface area contributed by atoms with Gasteiger partial charge in [0.1, 0.15) is 17.2 Å². The van der Waals surface area contributed by atoms with Crippen LogP contribution in [0.15, 0.2) is 18.2 Å². The van der Waals surface area contributed by atoms with Crippen molar-refractivity contribution in [1.82, 2.24) is 0 Å². The lowest BCUT2D eigenvalue weighted by atomic mass is 10.0. The first kappa shape index (κ1) is 13.4. The second-order valence-corrected chi connectivity index (χ2v) is 4.21. The van der Waals surface area contributed by atoms with E-state index in [-0.39, 0.29) is 5.69 Å². The van der Waals surface area contributed by atoms with Crippen molar-refractivity contribution in [3.63, 3.8) is 0 Å². The van der Waals surface area contributed by atoms with Crippen LogP contribution in [0.4, 0.5) is 14.5 Å². The number of methoxy groups -OCH3 is 1. The Hall–Kier alpha value is -1.65. The van der Waals surface area contributed by atoms with E-state index in [4.69, 9.17) is 0 Å². The van der Waals surface area contributed by atoms with Crippen LogP contribution in [0, 0.1) is 11.6 Å². The van der Waals surface area contributed by atoms with Crippen LogP contribution in [0.2, 0.25) is 0 Å². The van der Waals surface area contributed by atoms with E-state index in [1.165, 1.54) is 18.1 Å². The normalized spacial score (nSPS) is 11.2. The summed E-state index contributed by atoms with van der Waals surface area (Å²) in [5.41, 5.74) is -0.894. The molecule has 0 aliphatic rings. The van der Waals surface area contributed by atoms with Crippen molar-refractivity contribution >= 4 is 11.7 Å². The molecule has 17 heavy (non-hydrogen) atoms. The first-order valence-corrected chi connectivity index (χ1v) is 5.08. The van der Waals surface area contributed by atoms with Crippen molar-refractivity contribution in [3.8, 4) is 0 Å². The number of halogens is 2. The Bertz CT molecular complexity index is 433. The van der Waals surface area contributed by atoms with Crippen LogP contribution in [0.5, 0.6) is 0 Å². The molecule has 1 aromatic rings. The highest BCUT2D eigenvalue weighted by Crippen LogP contribution is 2.26. The smallest absolute Gasteiger partial charge is 0.331 e. The van der Waals surface area contributed by atoms with Crippen molar-refractivity contribution in [2.75, 3.05) is 19.1 Å². The summed E-state index contributed by atoms with van der Waals surface area (Å²) in [4.78, 5) is 13.0. The predicted octanol–water partition coefficient (Wildman–Crippen LogP) is 2.35. The monoisotopic (exact) mass is 243 g/mol. The van der Waals surface area contributed by atoms with Gasteiger partial charge in [-0.05, 0) is 26.0 Å². The number of anilines is 1. The number of carbonyl (C=O) groups excluding carboxylic acids is 1. The number of carbonyl (C=O) groups is 1. The second-order valence-electron chi connectivity index (χ2n) is 4.21. The van der Waals surface area contributed by atoms with Crippen LogP contribution in [-0.4, -0.2) is 25.7 Å². The highest BCUT2D eigenvalue weighted by atomic mass is 19.1. The van der Waals surface area contributed by atoms with Crippen molar-refractivity contribution in [2.24, 2.45) is 0 Å². The topological polar surface area (TPSA) is 29.5 Å². The fourth-order valence-corrected chi connectivity index (χ4v) is 1.44. The third kappa shape index (κ3) is 2.54. The minimum Gasteiger partial charge on any atom is -0.467 e. The second kappa shape index (κ2) is 4.69. The van der Waals surface area contributed by atoms with Gasteiger partial charge in [-0.2, -0.15) is 0 Å². The molecule has 0 bridgehead atoms. The van der Waals surface area contributed by atoms with E-state index >= 15 is 0 Å². The Labute approximate surface area is 99.0 Å². The molecule has 0 fully saturated rings. The summed E-state index contributed by atoms with van der Waals surface area (Å²) in [6.07, 6.45) is 0. The SMILES string of the molecule is COC(=O)C(C)(C)N(C)c1ccc(F)cc1F. The molecule has 94 valence electrons. The van der Waals surface area contributed by atoms with Crippen LogP contribution in [-0.2, 0) is 9.53 Å². The molecule has 0 atom stereocenters. The van der Waals surface area contributed by atoms with E-state index in [9.17, 15) is 13.6 Å². The maximum Gasteiger partial charge on any atom is 0.331 e. The molecule has 0 aliphatic heterocycles. The lowest BCUT2D eigenvalue weighted by Crippen LogP contribution is -2.49. The van der Waals surface area contributed by atoms with E-state index in [0.29, 0.717) is 0 Å². The molecule has 0 radical (unpaired) electrons. The average molecular weight is 243 g/mol. The van der Waals surface area contributed by atoms with Gasteiger partial charge in [-0.25, -0.2) is 13.6 Å². The highest BCUT2D eigenvalue weighted by Gasteiger charge is 2.34. The van der Waals surface area contributed by atoms with Gasteiger partial charge in [0.25, 0.3) is 0 Å². The number of hydrogen-bond donors (Lipinski definition) is 0. The van der Waals surface area contributed by atoms with Gasteiger partial charge in [0.2, 0.25) is 0 Å². The minimum atomic E-state index is -1.03. The third-order valence-corrected chi connectivity index (χ3v) is 2.79. The molecule has 0 aromatic heterocycles. The van der Waals surface area contributed by atoms with Gasteiger partial charge in [-0.3, -0.25) is 0 Å². The van der Waals surface area contributed by atoms with Crippen molar-refractivity contribution in [3.05, 3.63) is 29.8 Å². The average Bonchev–Trinajstić information content (AvgIpc) is 2.27. The van der Waals surface area contributed by atoms with Gasteiger partial charge in [0, 0.05) is 13.1 Å². The molecule has 3 nitrogen and oxygen atoms in total. The molecule has 5 heteroatoms. The zero-order chi connectivity index (χ0) is 13.2. The summed E-state index contributed by atoms with van der Waals surface area (Å²) < 4.78 is 31.0. The fraction of sp³-hybridized carbons (Fsp3) is 0.417. The number of esters is 1. The lowest BCUT2D eigenvalue weighted by molar-refractivity contribution is -0.145. The molecular formula is C12H15F2NO2. The Morgan fingerprint density at radius 1 is 1.35 bits per heavy atom. The maximum absolute atomic E-state index is 13.6. The Morgan fingerprint density at radius 2 is 1.94 bits per heavy atom. The molecule has 0 saturated heterocycles. The number of hydrogen-bond acceptors (Lipinski definition) is 3. The first-order chi connectivity index (χ1) is 7.80. The number of likely N-dealkylation sites (N-methyl/N-ethyl adjacent to an activating group) is 1. The molecule has 1 aromatic carbocycles. The van der Waals surface area contributed by atoms with Gasteiger partial charge in [-0.15, -0.1) is 0 Å². The van der Waals surface area contributed by atoms with Crippen LogP contribution in [0.1, 0.15) is 13.8 Å². The van der Waals surface area contributed by atoms with Gasteiger partial charge in [0.15, 0.2) is 0 Å². The quantitative estimate of drug-likeness (QED) is 0.763. The first-order valence-electron chi connectivity index (χ1n) is 5.08. The van der Waals surface area contributed by atoms with E-state index in [1.807, 2.05) is 0 Å². The predicted molar refractivity (Wildman–Crippen MR) is 60.9 cm³/mol. The lowest BCUT2D eigenvalue weighted by Gasteiger charge is -2.34. The summed E-state index contributed by atoms with van der Waals surface area (Å²) in [5, 5.41) is 0. The van der Waals surface area contributed by atoms with Crippen molar-refractivity contribution in [1.29, 1.82) is 0 Å². The summed E-state index contributed by atoms with van der Waals surface area (Å²) >= 11 is 0. The number of rotatable bonds is 3. The summed E-state index contributed by atoms with van der Waals surface area (Å²) in [6, 6.07) is 3.21. The standard InChI is InChI=1S/C12H15F2NO2/c1-12(2,11(16)17-4)15(3)10-6-5-8(13)7-9(10)14/h5-7H,1-4H3. The number of nitrogens with zero attached hydrogens (tertiary/aromatic N) is 1. The number of benzene rings is 1. The fourth-order valence-electron chi connectivity index (χ4n) is 1.44. The summed E-state index contributed by atoms with van der Waals surface area (Å²) in [6.45, 7) is 3.20. The molecule has 0 amide bonds. The van der Waals surface area contributed by atoms with Crippen LogP contribution in [0.25, 0.3) is 0 Å². The zero-order valence-corrected chi connectivity index (χ0v) is 10.3. The molecule has 1 rings (SSSR count). The molecule has 0 N–H and O–H groups in total. The van der Waals surface area contributed by atoms with E-state index in [2.05, 4.69) is 4.74 Å². The van der Waals surface area contributed by atoms with Crippen LogP contribution in [0.3, 0.4) is 0 Å². The molecule has 0 spiro atoms. The van der Waals surface area contributed by atoms with Gasteiger partial charge < -0.3 is 9.64 Å². The third-order valence-electron chi connectivity index (χ3n) is 2.79.